The zero-order valence-electron chi connectivity index (χ0n) is 11.0. The van der Waals surface area contributed by atoms with Crippen LogP contribution < -0.4 is 10.5 Å². The molecule has 0 fully saturated rings. The maximum atomic E-state index is 11.1. The molecular formula is C13H22N2O2S. The van der Waals surface area contributed by atoms with E-state index in [1.165, 1.54) is 12.8 Å². The number of rotatable bonds is 7. The van der Waals surface area contributed by atoms with Crippen molar-refractivity contribution >= 4 is 10.0 Å². The lowest BCUT2D eigenvalue weighted by Gasteiger charge is -2.11. The molecule has 0 saturated heterocycles. The van der Waals surface area contributed by atoms with Gasteiger partial charge in [-0.05, 0) is 36.6 Å². The number of primary sulfonamides is 1. The topological polar surface area (TPSA) is 72.2 Å². The van der Waals surface area contributed by atoms with Crippen LogP contribution in [-0.4, -0.2) is 15.0 Å². The number of hydrogen-bond acceptors (Lipinski definition) is 3. The van der Waals surface area contributed by atoms with Gasteiger partial charge >= 0.3 is 0 Å². The van der Waals surface area contributed by atoms with E-state index in [0.29, 0.717) is 5.92 Å². The third-order valence-electron chi connectivity index (χ3n) is 2.86. The molecule has 0 aliphatic rings. The van der Waals surface area contributed by atoms with Gasteiger partial charge in [-0.25, -0.2) is 13.6 Å². The van der Waals surface area contributed by atoms with Crippen LogP contribution in [0.5, 0.6) is 0 Å². The zero-order valence-corrected chi connectivity index (χ0v) is 11.8. The Morgan fingerprint density at radius 1 is 1.28 bits per heavy atom. The number of nitrogens with two attached hydrogens (primary N) is 1. The highest BCUT2D eigenvalue weighted by Crippen LogP contribution is 2.09. The van der Waals surface area contributed by atoms with Crippen molar-refractivity contribution in [1.29, 1.82) is 0 Å². The molecule has 0 bridgehead atoms. The van der Waals surface area contributed by atoms with E-state index in [1.807, 2.05) is 0 Å². The molecular weight excluding hydrogens is 248 g/mol. The van der Waals surface area contributed by atoms with Gasteiger partial charge in [0.15, 0.2) is 0 Å². The quantitative estimate of drug-likeness (QED) is 0.794. The summed E-state index contributed by atoms with van der Waals surface area (Å²) in [5.74, 6) is 0.665. The molecule has 0 aliphatic heterocycles. The van der Waals surface area contributed by atoms with Gasteiger partial charge in [0.05, 0.1) is 4.90 Å². The van der Waals surface area contributed by atoms with Gasteiger partial charge in [-0.2, -0.15) is 0 Å². The van der Waals surface area contributed by atoms with Crippen LogP contribution in [0.2, 0.25) is 0 Å². The molecule has 3 N–H and O–H groups in total. The van der Waals surface area contributed by atoms with Crippen molar-refractivity contribution in [2.45, 2.75) is 38.1 Å². The summed E-state index contributed by atoms with van der Waals surface area (Å²) in [4.78, 5) is 0.158. The highest BCUT2D eigenvalue weighted by Gasteiger charge is 2.06. The van der Waals surface area contributed by atoms with E-state index in [-0.39, 0.29) is 4.90 Å². The molecule has 18 heavy (non-hydrogen) atoms. The van der Waals surface area contributed by atoms with E-state index >= 15 is 0 Å². The second-order valence-electron chi connectivity index (χ2n) is 4.71. The van der Waals surface area contributed by atoms with Crippen LogP contribution in [0.1, 0.15) is 32.3 Å². The van der Waals surface area contributed by atoms with Crippen LogP contribution in [-0.2, 0) is 16.6 Å². The zero-order chi connectivity index (χ0) is 13.6. The molecule has 1 aromatic rings. The fraction of sp³-hybridized carbons (Fsp3) is 0.538. The Bertz CT molecular complexity index is 454. The van der Waals surface area contributed by atoms with Gasteiger partial charge in [0.2, 0.25) is 10.0 Å². The average molecular weight is 270 g/mol. The fourth-order valence-electron chi connectivity index (χ4n) is 1.85. The molecule has 1 atom stereocenters. The normalized spacial score (nSPS) is 13.5. The lowest BCUT2D eigenvalue weighted by molar-refractivity contribution is 0.476. The Hall–Kier alpha value is -0.910. The first kappa shape index (κ1) is 15.1. The predicted octanol–water partition coefficient (Wildman–Crippen LogP) is 1.86. The van der Waals surface area contributed by atoms with Crippen LogP contribution in [0, 0.1) is 5.92 Å². The van der Waals surface area contributed by atoms with Crippen molar-refractivity contribution in [3.8, 4) is 0 Å². The summed E-state index contributed by atoms with van der Waals surface area (Å²) in [7, 11) is -3.58. The van der Waals surface area contributed by atoms with Gasteiger partial charge in [0.25, 0.3) is 0 Å². The van der Waals surface area contributed by atoms with Crippen molar-refractivity contribution in [1.82, 2.24) is 5.32 Å². The predicted molar refractivity (Wildman–Crippen MR) is 73.6 cm³/mol. The third-order valence-corrected chi connectivity index (χ3v) is 3.78. The van der Waals surface area contributed by atoms with Crippen molar-refractivity contribution in [3.63, 3.8) is 0 Å². The minimum atomic E-state index is -3.58. The molecule has 102 valence electrons. The van der Waals surface area contributed by atoms with E-state index in [2.05, 4.69) is 19.2 Å². The van der Waals surface area contributed by atoms with Gasteiger partial charge in [0.1, 0.15) is 0 Å². The largest absolute Gasteiger partial charge is 0.312 e. The average Bonchev–Trinajstić information content (AvgIpc) is 2.29. The van der Waals surface area contributed by atoms with Crippen LogP contribution >= 0.6 is 0 Å². The molecule has 1 unspecified atom stereocenters. The van der Waals surface area contributed by atoms with E-state index in [1.54, 1.807) is 24.3 Å². The van der Waals surface area contributed by atoms with Gasteiger partial charge in [-0.15, -0.1) is 0 Å². The van der Waals surface area contributed by atoms with E-state index < -0.39 is 10.0 Å². The third kappa shape index (κ3) is 5.16. The monoisotopic (exact) mass is 270 g/mol. The first-order valence-electron chi connectivity index (χ1n) is 6.26. The summed E-state index contributed by atoms with van der Waals surface area (Å²) in [6.07, 6.45) is 2.42. The van der Waals surface area contributed by atoms with Crippen LogP contribution in [0.3, 0.4) is 0 Å². The molecule has 5 heteroatoms. The summed E-state index contributed by atoms with van der Waals surface area (Å²) < 4.78 is 22.2. The summed E-state index contributed by atoms with van der Waals surface area (Å²) in [5.41, 5.74) is 1.06. The standard InChI is InChI=1S/C13H22N2O2S/c1-3-4-11(2)9-15-10-12-5-7-13(8-6-12)18(14,16)17/h5-8,11,15H,3-4,9-10H2,1-2H3,(H2,14,16,17). The van der Waals surface area contributed by atoms with Crippen molar-refractivity contribution in [2.75, 3.05) is 6.54 Å². The van der Waals surface area contributed by atoms with Crippen LogP contribution in [0.25, 0.3) is 0 Å². The molecule has 4 nitrogen and oxygen atoms in total. The number of hydrogen-bond donors (Lipinski definition) is 2. The first-order chi connectivity index (χ1) is 8.43. The highest BCUT2D eigenvalue weighted by molar-refractivity contribution is 7.89. The molecule has 0 saturated carbocycles. The van der Waals surface area contributed by atoms with E-state index in [0.717, 1.165) is 18.7 Å². The van der Waals surface area contributed by atoms with Crippen molar-refractivity contribution in [3.05, 3.63) is 29.8 Å². The summed E-state index contributed by atoms with van der Waals surface area (Å²) in [6.45, 7) is 6.13. The van der Waals surface area contributed by atoms with E-state index in [9.17, 15) is 8.42 Å². The molecule has 1 rings (SSSR count). The van der Waals surface area contributed by atoms with Crippen molar-refractivity contribution < 1.29 is 8.42 Å². The Labute approximate surface area is 110 Å². The minimum Gasteiger partial charge on any atom is -0.312 e. The summed E-state index contributed by atoms with van der Waals surface area (Å²) >= 11 is 0. The summed E-state index contributed by atoms with van der Waals surface area (Å²) in [6, 6.07) is 6.66. The first-order valence-corrected chi connectivity index (χ1v) is 7.80. The second-order valence-corrected chi connectivity index (χ2v) is 6.28. The van der Waals surface area contributed by atoms with E-state index in [4.69, 9.17) is 5.14 Å². The molecule has 1 aromatic carbocycles. The molecule has 0 heterocycles. The lowest BCUT2D eigenvalue weighted by Crippen LogP contribution is -2.20. The Balaban J connectivity index is 2.45. The van der Waals surface area contributed by atoms with Crippen molar-refractivity contribution in [2.24, 2.45) is 11.1 Å². The SMILES string of the molecule is CCCC(C)CNCc1ccc(S(N)(=O)=O)cc1. The summed E-state index contributed by atoms with van der Waals surface area (Å²) in [5, 5.41) is 8.40. The number of nitrogens with one attached hydrogen (secondary N) is 1. The lowest BCUT2D eigenvalue weighted by atomic mass is 10.1. The smallest absolute Gasteiger partial charge is 0.238 e. The van der Waals surface area contributed by atoms with Gasteiger partial charge < -0.3 is 5.32 Å². The molecule has 0 amide bonds. The maximum Gasteiger partial charge on any atom is 0.238 e. The number of sulfonamides is 1. The van der Waals surface area contributed by atoms with Gasteiger partial charge in [-0.3, -0.25) is 0 Å². The molecule has 0 aromatic heterocycles. The molecule has 0 radical (unpaired) electrons. The number of benzene rings is 1. The van der Waals surface area contributed by atoms with Crippen LogP contribution in [0.15, 0.2) is 29.2 Å². The minimum absolute atomic E-state index is 0.158. The van der Waals surface area contributed by atoms with Crippen LogP contribution in [0.4, 0.5) is 0 Å². The fourth-order valence-corrected chi connectivity index (χ4v) is 2.37. The Morgan fingerprint density at radius 2 is 1.89 bits per heavy atom. The molecule has 0 aliphatic carbocycles. The maximum absolute atomic E-state index is 11.1. The Kier molecular flexibility index (Phi) is 5.78. The van der Waals surface area contributed by atoms with Gasteiger partial charge in [0, 0.05) is 6.54 Å². The highest BCUT2D eigenvalue weighted by atomic mass is 32.2. The second kappa shape index (κ2) is 6.87. The Morgan fingerprint density at radius 3 is 2.39 bits per heavy atom. The molecule has 0 spiro atoms. The van der Waals surface area contributed by atoms with Gasteiger partial charge in [-0.1, -0.05) is 32.4 Å².